The van der Waals surface area contributed by atoms with Crippen molar-refractivity contribution < 1.29 is 4.79 Å². The van der Waals surface area contributed by atoms with E-state index in [1.54, 1.807) is 4.80 Å². The van der Waals surface area contributed by atoms with Gasteiger partial charge in [-0.15, -0.1) is 10.2 Å². The van der Waals surface area contributed by atoms with Crippen molar-refractivity contribution in [2.45, 2.75) is 51.0 Å². The second kappa shape index (κ2) is 3.78. The van der Waals surface area contributed by atoms with Crippen molar-refractivity contribution in [3.05, 3.63) is 5.82 Å². The van der Waals surface area contributed by atoms with Crippen LogP contribution in [0.2, 0.25) is 0 Å². The Morgan fingerprint density at radius 1 is 1.35 bits per heavy atom. The van der Waals surface area contributed by atoms with Crippen molar-refractivity contribution in [2.75, 3.05) is 0 Å². The van der Waals surface area contributed by atoms with E-state index >= 15 is 0 Å². The third-order valence-corrected chi connectivity index (χ3v) is 5.58. The molecule has 4 fully saturated rings. The lowest BCUT2D eigenvalue weighted by atomic mass is 9.46. The Labute approximate surface area is 117 Å². The van der Waals surface area contributed by atoms with Crippen LogP contribution in [0, 0.1) is 24.2 Å². The van der Waals surface area contributed by atoms with E-state index in [2.05, 4.69) is 20.8 Å². The van der Waals surface area contributed by atoms with E-state index in [0.717, 1.165) is 32.1 Å². The molecule has 4 aliphatic carbocycles. The van der Waals surface area contributed by atoms with Crippen molar-refractivity contribution in [1.82, 2.24) is 25.6 Å². The summed E-state index contributed by atoms with van der Waals surface area (Å²) in [6.07, 6.45) is 6.09. The molecule has 0 aliphatic heterocycles. The Kier molecular flexibility index (Phi) is 2.32. The van der Waals surface area contributed by atoms with Gasteiger partial charge in [0.15, 0.2) is 5.82 Å². The average molecular weight is 276 g/mol. The first-order valence-corrected chi connectivity index (χ1v) is 7.33. The van der Waals surface area contributed by atoms with E-state index in [1.165, 1.54) is 6.42 Å². The van der Waals surface area contributed by atoms with Crippen molar-refractivity contribution in [1.29, 1.82) is 0 Å². The van der Waals surface area contributed by atoms with Gasteiger partial charge in [0.25, 0.3) is 0 Å². The molecule has 1 aromatic heterocycles. The van der Waals surface area contributed by atoms with Crippen LogP contribution in [-0.4, -0.2) is 26.1 Å². The molecule has 0 radical (unpaired) electrons. The summed E-state index contributed by atoms with van der Waals surface area (Å²) in [6, 6.07) is 0. The number of hydrazine groups is 1. The number of nitrogens with two attached hydrogens (primary N) is 1. The van der Waals surface area contributed by atoms with Gasteiger partial charge in [-0.3, -0.25) is 10.2 Å². The van der Waals surface area contributed by atoms with Gasteiger partial charge < -0.3 is 0 Å². The van der Waals surface area contributed by atoms with Crippen LogP contribution in [0.3, 0.4) is 0 Å². The van der Waals surface area contributed by atoms with Crippen LogP contribution in [0.15, 0.2) is 0 Å². The summed E-state index contributed by atoms with van der Waals surface area (Å²) in [7, 11) is 0. The van der Waals surface area contributed by atoms with Crippen LogP contribution in [0.25, 0.3) is 0 Å². The molecule has 0 spiro atoms. The van der Waals surface area contributed by atoms with Gasteiger partial charge in [-0.1, -0.05) is 0 Å². The molecule has 2 atom stereocenters. The summed E-state index contributed by atoms with van der Waals surface area (Å²) in [5.74, 6) is 7.28. The summed E-state index contributed by atoms with van der Waals surface area (Å²) in [5, 5.41) is 12.7. The maximum Gasteiger partial charge on any atom is 0.240 e. The third-order valence-electron chi connectivity index (χ3n) is 5.58. The quantitative estimate of drug-likeness (QED) is 0.459. The molecule has 4 bridgehead atoms. The average Bonchev–Trinajstić information content (AvgIpc) is 2.84. The lowest BCUT2D eigenvalue weighted by Gasteiger charge is -2.60. The molecule has 4 saturated carbocycles. The topological polar surface area (TPSA) is 98.7 Å². The highest BCUT2D eigenvalue weighted by Gasteiger charge is 2.62. The van der Waals surface area contributed by atoms with E-state index in [-0.39, 0.29) is 16.9 Å². The summed E-state index contributed by atoms with van der Waals surface area (Å²) in [5.41, 5.74) is 1.95. The number of tetrazole rings is 1. The predicted octanol–water partition coefficient (Wildman–Crippen LogP) is 0.267. The SMILES string of the molecule is Cc1nnn(C23C[C@H]4C[C@@H](CC(C(=O)NN)(C4)C2)C3)n1. The second-order valence-corrected chi connectivity index (χ2v) is 7.07. The highest BCUT2D eigenvalue weighted by Crippen LogP contribution is 2.63. The van der Waals surface area contributed by atoms with E-state index < -0.39 is 0 Å². The van der Waals surface area contributed by atoms with Crippen molar-refractivity contribution in [3.63, 3.8) is 0 Å². The molecule has 0 unspecified atom stereocenters. The molecule has 0 aromatic carbocycles. The van der Waals surface area contributed by atoms with E-state index in [4.69, 9.17) is 5.84 Å². The first-order chi connectivity index (χ1) is 9.55. The number of hydrogen-bond acceptors (Lipinski definition) is 5. The standard InChI is InChI=1S/C13H20N6O/c1-8-16-18-19(17-8)13-5-9-2-10(6-13)4-12(3-9,7-13)11(20)15-14/h9-10H,2-7,14H2,1H3,(H,15,20)/t9-,10-,12?,13?/m0/s1. The van der Waals surface area contributed by atoms with Crippen molar-refractivity contribution in [3.8, 4) is 0 Å². The largest absolute Gasteiger partial charge is 0.294 e. The van der Waals surface area contributed by atoms with Gasteiger partial charge in [0, 0.05) is 0 Å². The predicted molar refractivity (Wildman–Crippen MR) is 70.0 cm³/mol. The van der Waals surface area contributed by atoms with Crippen LogP contribution in [-0.2, 0) is 10.3 Å². The van der Waals surface area contributed by atoms with E-state index in [9.17, 15) is 4.79 Å². The Bertz CT molecular complexity index is 553. The first-order valence-electron chi connectivity index (χ1n) is 7.33. The zero-order chi connectivity index (χ0) is 14.0. The van der Waals surface area contributed by atoms with Gasteiger partial charge >= 0.3 is 0 Å². The summed E-state index contributed by atoms with van der Waals surface area (Å²) < 4.78 is 0. The molecule has 7 nitrogen and oxygen atoms in total. The van der Waals surface area contributed by atoms with Crippen LogP contribution in [0.4, 0.5) is 0 Å². The Balaban J connectivity index is 1.77. The third kappa shape index (κ3) is 1.49. The highest BCUT2D eigenvalue weighted by molar-refractivity contribution is 5.82. The lowest BCUT2D eigenvalue weighted by molar-refractivity contribution is -0.157. The Morgan fingerprint density at radius 2 is 2.05 bits per heavy atom. The fourth-order valence-electron chi connectivity index (χ4n) is 5.35. The first kappa shape index (κ1) is 12.3. The monoisotopic (exact) mass is 276 g/mol. The van der Waals surface area contributed by atoms with Crippen LogP contribution in [0.1, 0.15) is 44.3 Å². The smallest absolute Gasteiger partial charge is 0.240 e. The van der Waals surface area contributed by atoms with Crippen molar-refractivity contribution >= 4 is 5.91 Å². The molecule has 20 heavy (non-hydrogen) atoms. The normalized spacial score (nSPS) is 41.9. The number of aryl methyl sites for hydroxylation is 1. The van der Waals surface area contributed by atoms with Gasteiger partial charge in [-0.25, -0.2) is 5.84 Å². The van der Waals surface area contributed by atoms with Crippen LogP contribution < -0.4 is 11.3 Å². The minimum Gasteiger partial charge on any atom is -0.294 e. The maximum atomic E-state index is 12.3. The summed E-state index contributed by atoms with van der Waals surface area (Å²) in [6.45, 7) is 1.85. The Hall–Kier alpha value is -1.50. The lowest BCUT2D eigenvalue weighted by Crippen LogP contribution is -2.62. The number of nitrogens with one attached hydrogen (secondary N) is 1. The number of rotatable bonds is 2. The number of carbonyl (C=O) groups excluding carboxylic acids is 1. The molecule has 1 amide bonds. The van der Waals surface area contributed by atoms with Crippen molar-refractivity contribution in [2.24, 2.45) is 23.1 Å². The summed E-state index contributed by atoms with van der Waals surface area (Å²) >= 11 is 0. The molecule has 4 aliphatic rings. The summed E-state index contributed by atoms with van der Waals surface area (Å²) in [4.78, 5) is 14.1. The molecule has 1 aromatic rings. The minimum absolute atomic E-state index is 0.00666. The molecule has 3 N–H and O–H groups in total. The Morgan fingerprint density at radius 3 is 2.60 bits per heavy atom. The fourth-order valence-corrected chi connectivity index (χ4v) is 5.35. The van der Waals surface area contributed by atoms with Gasteiger partial charge in [0.05, 0.1) is 11.0 Å². The number of nitrogens with zero attached hydrogens (tertiary/aromatic N) is 4. The highest BCUT2D eigenvalue weighted by atomic mass is 16.2. The zero-order valence-corrected chi connectivity index (χ0v) is 11.7. The second-order valence-electron chi connectivity index (χ2n) is 7.07. The van der Waals surface area contributed by atoms with Crippen LogP contribution >= 0.6 is 0 Å². The zero-order valence-electron chi connectivity index (χ0n) is 11.7. The van der Waals surface area contributed by atoms with E-state index in [1.807, 2.05) is 6.92 Å². The molecular formula is C13H20N6O. The van der Waals surface area contributed by atoms with Gasteiger partial charge in [-0.05, 0) is 62.5 Å². The molecule has 7 heteroatoms. The maximum absolute atomic E-state index is 12.3. The molecule has 5 rings (SSSR count). The fraction of sp³-hybridized carbons (Fsp3) is 0.846. The van der Waals surface area contributed by atoms with E-state index in [0.29, 0.717) is 17.7 Å². The molecular weight excluding hydrogens is 256 g/mol. The molecule has 1 heterocycles. The number of aromatic nitrogens is 4. The number of amides is 1. The number of hydrogen-bond donors (Lipinski definition) is 2. The van der Waals surface area contributed by atoms with Gasteiger partial charge in [0.2, 0.25) is 5.91 Å². The molecule has 108 valence electrons. The van der Waals surface area contributed by atoms with Gasteiger partial charge in [-0.2, -0.15) is 4.80 Å². The van der Waals surface area contributed by atoms with Gasteiger partial charge in [0.1, 0.15) is 0 Å². The number of carbonyl (C=O) groups is 1. The minimum atomic E-state index is -0.319. The van der Waals surface area contributed by atoms with Crippen LogP contribution in [0.5, 0.6) is 0 Å². The molecule has 0 saturated heterocycles.